The van der Waals surface area contributed by atoms with E-state index in [1.54, 1.807) is 0 Å². The first-order valence-electron chi connectivity index (χ1n) is 38.7. The zero-order valence-corrected chi connectivity index (χ0v) is 61.4. The van der Waals surface area contributed by atoms with Gasteiger partial charge in [-0.1, -0.05) is 285 Å². The molecule has 4 aliphatic rings. The predicted octanol–water partition coefficient (Wildman–Crippen LogP) is 24.3. The van der Waals surface area contributed by atoms with E-state index in [9.17, 15) is 0 Å². The number of ether oxygens (including phenoxy) is 2. The first kappa shape index (κ1) is 64.8. The molecule has 2 aliphatic carbocycles. The number of hydrogen-bond donors (Lipinski definition) is 0. The first-order valence-corrected chi connectivity index (χ1v) is 38.7. The van der Waals surface area contributed by atoms with Gasteiger partial charge >= 0.3 is 0 Å². The topological polar surface area (TPSA) is 116 Å². The molecule has 0 N–H and O–H groups in total. The van der Waals surface area contributed by atoms with Crippen molar-refractivity contribution in [1.29, 1.82) is 0 Å². The van der Waals surface area contributed by atoms with Crippen molar-refractivity contribution in [3.05, 3.63) is 398 Å². The molecule has 0 spiro atoms. The van der Waals surface area contributed by atoms with E-state index in [0.717, 1.165) is 133 Å². The van der Waals surface area contributed by atoms with Gasteiger partial charge in [-0.15, -0.1) is 0 Å². The van der Waals surface area contributed by atoms with E-state index in [2.05, 4.69) is 370 Å². The van der Waals surface area contributed by atoms with Crippen molar-refractivity contribution in [3.8, 4) is 103 Å². The summed E-state index contributed by atoms with van der Waals surface area (Å²) >= 11 is 0. The molecule has 0 saturated heterocycles. The van der Waals surface area contributed by atoms with Crippen LogP contribution in [0.2, 0.25) is 0 Å². The fourth-order valence-electron chi connectivity index (χ4n) is 18.2. The minimum atomic E-state index is -0.225. The summed E-state index contributed by atoms with van der Waals surface area (Å²) in [6.45, 7) is 0. The van der Waals surface area contributed by atoms with Crippen molar-refractivity contribution in [1.82, 2.24) is 48.2 Å². The third kappa shape index (κ3) is 10.4. The second kappa shape index (κ2) is 26.3. The van der Waals surface area contributed by atoms with Crippen molar-refractivity contribution in [2.24, 2.45) is 0 Å². The largest absolute Gasteiger partial charge is 0.484 e. The van der Waals surface area contributed by atoms with Gasteiger partial charge in [-0.05, 0) is 113 Å². The zero-order chi connectivity index (χ0) is 74.9. The van der Waals surface area contributed by atoms with E-state index in [1.165, 1.54) is 33.0 Å². The number of fused-ring (bicyclic) bond motifs is 20. The molecule has 4 atom stereocenters. The van der Waals surface area contributed by atoms with Gasteiger partial charge in [0.1, 0.15) is 23.7 Å². The highest BCUT2D eigenvalue weighted by molar-refractivity contribution is 6.10. The molecule has 0 radical (unpaired) electrons. The molecule has 0 amide bonds. The zero-order valence-electron chi connectivity index (χ0n) is 61.4. The summed E-state index contributed by atoms with van der Waals surface area (Å²) in [5, 5.41) is 6.99. The minimum Gasteiger partial charge on any atom is -0.484 e. The summed E-state index contributed by atoms with van der Waals surface area (Å²) in [5.74, 6) is 5.19. The lowest BCUT2D eigenvalue weighted by Gasteiger charge is -2.23. The maximum Gasteiger partial charge on any atom is 0.238 e. The van der Waals surface area contributed by atoms with Gasteiger partial charge in [-0.25, -0.2) is 9.97 Å². The molecule has 0 saturated carbocycles. The third-order valence-corrected chi connectivity index (χ3v) is 23.1. The summed E-state index contributed by atoms with van der Waals surface area (Å²) in [5.41, 5.74) is 23.9. The Balaban J connectivity index is 0.000000135. The molecule has 0 bridgehead atoms. The molecule has 20 aromatic rings. The van der Waals surface area contributed by atoms with E-state index in [-0.39, 0.29) is 24.0 Å². The SMILES string of the molecule is C1=CC2c3c(cccc3-c3nc(-c4cccc(-c5ccccc5)c4)nc(-n4c5ccccc5c5ccccc54)n3)OC2c2c1n(-c1ccccc1)c1ccccc21.C1=CC2c3c(cccc3-c3nc(-c4ccccc4)nc(-n4c5ccccc5c5ccccc54)n3)OC2c2c1n(-c1cccc(-c3ccccc3)c1)c1ccccc21. The molecule has 2 aliphatic heterocycles. The summed E-state index contributed by atoms with van der Waals surface area (Å²) in [7, 11) is 0. The molecule has 12 heteroatoms. The van der Waals surface area contributed by atoms with E-state index in [0.29, 0.717) is 35.2 Å². The molecule has 4 unspecified atom stereocenters. The van der Waals surface area contributed by atoms with Gasteiger partial charge in [0.05, 0.1) is 44.5 Å². The van der Waals surface area contributed by atoms with Gasteiger partial charge in [-0.3, -0.25) is 9.13 Å². The quantitative estimate of drug-likeness (QED) is 0.133. The Morgan fingerprint density at radius 3 is 1.01 bits per heavy atom. The molecule has 14 aromatic carbocycles. The number of rotatable bonds is 10. The van der Waals surface area contributed by atoms with E-state index < -0.39 is 0 Å². The molecule has 12 nitrogen and oxygen atoms in total. The second-order valence-electron chi connectivity index (χ2n) is 29.5. The molecule has 114 heavy (non-hydrogen) atoms. The van der Waals surface area contributed by atoms with E-state index in [1.807, 2.05) is 24.3 Å². The molecule has 24 rings (SSSR count). The maximum atomic E-state index is 7.04. The lowest BCUT2D eigenvalue weighted by atomic mass is 9.83. The molecule has 0 fully saturated rings. The van der Waals surface area contributed by atoms with Crippen LogP contribution in [0, 0.1) is 0 Å². The van der Waals surface area contributed by atoms with Crippen molar-refractivity contribution in [2.45, 2.75) is 24.0 Å². The van der Waals surface area contributed by atoms with Crippen LogP contribution in [0.1, 0.15) is 57.7 Å². The second-order valence-corrected chi connectivity index (χ2v) is 29.5. The fourth-order valence-corrected chi connectivity index (χ4v) is 18.2. The highest BCUT2D eigenvalue weighted by Gasteiger charge is 2.44. The maximum absolute atomic E-state index is 7.04. The van der Waals surface area contributed by atoms with Crippen LogP contribution in [0.3, 0.4) is 0 Å². The lowest BCUT2D eigenvalue weighted by Crippen LogP contribution is -2.14. The smallest absolute Gasteiger partial charge is 0.238 e. The van der Waals surface area contributed by atoms with Crippen LogP contribution >= 0.6 is 0 Å². The van der Waals surface area contributed by atoms with Crippen LogP contribution in [-0.4, -0.2) is 48.2 Å². The molecule has 6 aromatic heterocycles. The summed E-state index contributed by atoms with van der Waals surface area (Å²) in [6, 6.07) is 123. The Morgan fingerprint density at radius 1 is 0.228 bits per heavy atom. The number of aromatic nitrogens is 10. The predicted molar refractivity (Wildman–Crippen MR) is 458 cm³/mol. The highest BCUT2D eigenvalue weighted by Crippen LogP contribution is 2.58. The third-order valence-electron chi connectivity index (χ3n) is 23.1. The standard InChI is InChI=1S/2C51H33N5O/c1-3-15-32(16-4-1)33-17-13-18-34(31-33)49-52-50(54-51(53-49)56-41-25-10-7-21-36(41)37-22-8-11-26-42(37)56)40-24-14-28-45-46(40)39-29-30-44-47(48(39)57-45)38-23-9-12-27-43(38)55(44)35-19-5-2-6-20-35;1-3-15-32(16-4-1)34-19-13-20-35(31-34)55-43-27-12-9-23-38(43)47-44(55)30-29-39-46-40(24-14-28-45(46)57-48(39)47)50-52-49(33-17-5-2-6-18-33)53-51(54-50)56-41-25-10-7-21-36(41)37-22-8-11-26-42(37)56/h2*1-31,39,48H. The minimum absolute atomic E-state index is 0.0444. The van der Waals surface area contributed by atoms with Crippen LogP contribution in [-0.2, 0) is 0 Å². The van der Waals surface area contributed by atoms with Crippen LogP contribution < -0.4 is 9.47 Å². The number of nitrogens with zero attached hydrogens (tertiary/aromatic N) is 10. The van der Waals surface area contributed by atoms with Gasteiger partial charge in [0.15, 0.2) is 23.3 Å². The Kier molecular flexibility index (Phi) is 14.9. The van der Waals surface area contributed by atoms with Gasteiger partial charge in [0.25, 0.3) is 0 Å². The summed E-state index contributed by atoms with van der Waals surface area (Å²) in [6.07, 6.45) is 8.74. The van der Waals surface area contributed by atoms with Gasteiger partial charge in [0.2, 0.25) is 11.9 Å². The molecule has 536 valence electrons. The average molecular weight is 1460 g/mol. The summed E-state index contributed by atoms with van der Waals surface area (Å²) in [4.78, 5) is 31.6. The van der Waals surface area contributed by atoms with Crippen LogP contribution in [0.15, 0.2) is 364 Å². The lowest BCUT2D eigenvalue weighted by molar-refractivity contribution is 0.224. The van der Waals surface area contributed by atoms with Gasteiger partial charge in [-0.2, -0.15) is 19.9 Å². The van der Waals surface area contributed by atoms with Gasteiger partial charge in [0, 0.05) is 100 Å². The van der Waals surface area contributed by atoms with Crippen LogP contribution in [0.4, 0.5) is 0 Å². The van der Waals surface area contributed by atoms with Crippen LogP contribution in [0.25, 0.3) is 169 Å². The average Bonchev–Trinajstić information content (AvgIpc) is 1.56. The number of para-hydroxylation sites is 7. The molecular formula is C102H66N10O2. The molecular weight excluding hydrogens is 1400 g/mol. The monoisotopic (exact) mass is 1460 g/mol. The van der Waals surface area contributed by atoms with Crippen molar-refractivity contribution >= 4 is 77.6 Å². The van der Waals surface area contributed by atoms with Crippen molar-refractivity contribution < 1.29 is 9.47 Å². The number of benzene rings is 14. The van der Waals surface area contributed by atoms with Gasteiger partial charge < -0.3 is 18.6 Å². The Morgan fingerprint density at radius 2 is 0.553 bits per heavy atom. The Hall–Kier alpha value is -15.1. The van der Waals surface area contributed by atoms with E-state index in [4.69, 9.17) is 39.4 Å². The van der Waals surface area contributed by atoms with Crippen molar-refractivity contribution in [3.63, 3.8) is 0 Å². The molecule has 8 heterocycles. The normalized spacial score (nSPS) is 15.4. The Bertz CT molecular complexity index is 7240. The highest BCUT2D eigenvalue weighted by atomic mass is 16.5. The first-order chi connectivity index (χ1) is 56.6. The van der Waals surface area contributed by atoms with Crippen LogP contribution in [0.5, 0.6) is 11.5 Å². The summed E-state index contributed by atoms with van der Waals surface area (Å²) < 4.78 is 23.1. The van der Waals surface area contributed by atoms with Crippen molar-refractivity contribution in [2.75, 3.05) is 0 Å². The van der Waals surface area contributed by atoms with E-state index >= 15 is 0 Å². The fraction of sp³-hybridized carbons (Fsp3) is 0.0392. The Labute approximate surface area is 655 Å². The number of hydrogen-bond acceptors (Lipinski definition) is 8.